The summed E-state index contributed by atoms with van der Waals surface area (Å²) in [5, 5.41) is 21.2. The normalized spacial score (nSPS) is 47.8. The highest BCUT2D eigenvalue weighted by Crippen LogP contribution is 2.39. The lowest BCUT2D eigenvalue weighted by Crippen LogP contribution is -2.54. The van der Waals surface area contributed by atoms with Gasteiger partial charge in [0.1, 0.15) is 0 Å². The zero-order chi connectivity index (χ0) is 8.06. The molecule has 2 rings (SSSR count). The van der Waals surface area contributed by atoms with E-state index < -0.39 is 0 Å². The summed E-state index contributed by atoms with van der Waals surface area (Å²) in [6.07, 6.45) is 3.27. The summed E-state index contributed by atoms with van der Waals surface area (Å²) < 4.78 is -0.0862. The lowest BCUT2D eigenvalue weighted by molar-refractivity contribution is -0.903. The van der Waals surface area contributed by atoms with Crippen LogP contribution >= 0.6 is 12.4 Å². The van der Waals surface area contributed by atoms with E-state index in [0.717, 1.165) is 25.7 Å². The van der Waals surface area contributed by atoms with E-state index in [0.29, 0.717) is 0 Å². The fourth-order valence-electron chi connectivity index (χ4n) is 2.57. The number of hydrogen-bond donors (Lipinski definition) is 1. The first-order chi connectivity index (χ1) is 5.10. The van der Waals surface area contributed by atoms with Crippen molar-refractivity contribution in [2.75, 3.05) is 7.05 Å². The van der Waals surface area contributed by atoms with Gasteiger partial charge in [0, 0.05) is 25.7 Å². The maximum Gasteiger partial charge on any atom is 0.0914 e. The average molecular weight is 212 g/mol. The molecule has 2 aliphatic rings. The smallest absolute Gasteiger partial charge is 0.0914 e. The van der Waals surface area contributed by atoms with Gasteiger partial charge in [0.2, 0.25) is 0 Å². The van der Waals surface area contributed by atoms with E-state index in [4.69, 9.17) is 0 Å². The minimum absolute atomic E-state index is 0. The van der Waals surface area contributed by atoms with Crippen LogP contribution in [0.3, 0.4) is 0 Å². The van der Waals surface area contributed by atoms with Crippen LogP contribution in [0.15, 0.2) is 0 Å². The first-order valence-corrected chi connectivity index (χ1v) is 4.35. The summed E-state index contributed by atoms with van der Waals surface area (Å²) in [4.78, 5) is 0. The predicted octanol–water partition coefficient (Wildman–Crippen LogP) is 0.214. The van der Waals surface area contributed by atoms with Crippen molar-refractivity contribution in [1.29, 1.82) is 0 Å². The van der Waals surface area contributed by atoms with Crippen molar-refractivity contribution in [3.63, 3.8) is 0 Å². The fourth-order valence-corrected chi connectivity index (χ4v) is 2.57. The van der Waals surface area contributed by atoms with Crippen molar-refractivity contribution < 1.29 is 15.2 Å². The minimum Gasteiger partial charge on any atom is -0.633 e. The summed E-state index contributed by atoms with van der Waals surface area (Å²) in [5.74, 6) is 0. The molecule has 2 bridgehead atoms. The highest BCUT2D eigenvalue weighted by molar-refractivity contribution is 5.85. The Balaban J connectivity index is 0.000000720. The van der Waals surface area contributed by atoms with Crippen LogP contribution in [-0.2, 0) is 0 Å². The van der Waals surface area contributed by atoms with Gasteiger partial charge in [-0.2, -0.15) is 0 Å². The largest absolute Gasteiger partial charge is 0.633 e. The number of piperidine rings is 1. The zero-order valence-electron chi connectivity index (χ0n) is 7.77. The maximum atomic E-state index is 11.8. The molecule has 0 aromatic carbocycles. The topological polar surface area (TPSA) is 74.8 Å². The Kier molecular flexibility index (Phi) is 4.15. The molecule has 0 aromatic heterocycles. The van der Waals surface area contributed by atoms with Gasteiger partial charge in [0.25, 0.3) is 0 Å². The molecule has 0 spiro atoms. The number of halogens is 1. The Morgan fingerprint density at radius 1 is 1.23 bits per heavy atom. The second-order valence-electron chi connectivity index (χ2n) is 4.07. The zero-order valence-corrected chi connectivity index (χ0v) is 8.59. The van der Waals surface area contributed by atoms with E-state index in [1.807, 2.05) is 0 Å². The van der Waals surface area contributed by atoms with Crippen LogP contribution in [0, 0.1) is 5.21 Å². The molecule has 3 N–H and O–H groups in total. The van der Waals surface area contributed by atoms with Gasteiger partial charge in [-0.25, -0.2) is 0 Å². The Morgan fingerprint density at radius 2 is 1.62 bits per heavy atom. The molecule has 2 aliphatic heterocycles. The van der Waals surface area contributed by atoms with Crippen LogP contribution in [0.1, 0.15) is 25.7 Å². The van der Waals surface area contributed by atoms with Gasteiger partial charge in [-0.1, -0.05) is 0 Å². The fraction of sp³-hybridized carbons (Fsp3) is 1.00. The highest BCUT2D eigenvalue weighted by atomic mass is 35.5. The van der Waals surface area contributed by atoms with Gasteiger partial charge in [-0.15, -0.1) is 12.4 Å². The molecule has 2 fully saturated rings. The van der Waals surface area contributed by atoms with Crippen LogP contribution in [0.4, 0.5) is 0 Å². The van der Waals surface area contributed by atoms with E-state index in [-0.39, 0.29) is 40.7 Å². The number of quaternary nitrogens is 1. The molecule has 2 unspecified atom stereocenters. The molecule has 0 aliphatic carbocycles. The lowest BCUT2D eigenvalue weighted by atomic mass is 10.0. The number of hydroxylamine groups is 3. The van der Waals surface area contributed by atoms with Crippen molar-refractivity contribution in [2.45, 2.75) is 43.9 Å². The third-order valence-electron chi connectivity index (χ3n) is 3.37. The summed E-state index contributed by atoms with van der Waals surface area (Å²) >= 11 is 0. The van der Waals surface area contributed by atoms with Crippen LogP contribution in [0.25, 0.3) is 0 Å². The number of fused-ring (bicyclic) bond motifs is 2. The molecule has 2 saturated heterocycles. The molecule has 0 aromatic rings. The van der Waals surface area contributed by atoms with E-state index in [1.54, 1.807) is 7.05 Å². The van der Waals surface area contributed by atoms with Gasteiger partial charge in [-0.3, -0.25) is 0 Å². The first-order valence-electron chi connectivity index (χ1n) is 4.35. The maximum absolute atomic E-state index is 11.8. The molecule has 4 nitrogen and oxygen atoms in total. The monoisotopic (exact) mass is 211 g/mol. The molecular weight excluding hydrogens is 194 g/mol. The molecule has 2 heterocycles. The molecule has 2 atom stereocenters. The average Bonchev–Trinajstić information content (AvgIpc) is 2.19. The van der Waals surface area contributed by atoms with Gasteiger partial charge in [0.05, 0.1) is 25.2 Å². The predicted molar refractivity (Wildman–Crippen MR) is 52.5 cm³/mol. The van der Waals surface area contributed by atoms with Crippen molar-refractivity contribution in [3.8, 4) is 0 Å². The van der Waals surface area contributed by atoms with Gasteiger partial charge in [-0.05, 0) is 0 Å². The second kappa shape index (κ2) is 4.11. The molecule has 0 saturated carbocycles. The van der Waals surface area contributed by atoms with Gasteiger partial charge < -0.3 is 20.4 Å². The molecular formula is C8H18ClNO3. The van der Waals surface area contributed by atoms with E-state index >= 15 is 0 Å². The van der Waals surface area contributed by atoms with Crippen molar-refractivity contribution in [3.05, 3.63) is 5.21 Å². The molecule has 0 radical (unpaired) electrons. The van der Waals surface area contributed by atoms with Gasteiger partial charge in [0.15, 0.2) is 0 Å². The first kappa shape index (κ1) is 13.1. The van der Waals surface area contributed by atoms with Crippen molar-refractivity contribution in [2.24, 2.45) is 0 Å². The third kappa shape index (κ3) is 1.97. The standard InChI is InChI=1S/C8H15NO2.ClH.H2O/c1-9(11)6-2-3-7(9)5-8(10)4-6;;/h6-8,10H,2-5H2,1H3;1H;1H2. The summed E-state index contributed by atoms with van der Waals surface area (Å²) in [6, 6.07) is 0.368. The highest BCUT2D eigenvalue weighted by Gasteiger charge is 2.45. The van der Waals surface area contributed by atoms with E-state index in [9.17, 15) is 10.3 Å². The minimum atomic E-state index is -0.201. The number of nitrogens with zero attached hydrogens (tertiary/aromatic N) is 1. The summed E-state index contributed by atoms with van der Waals surface area (Å²) in [7, 11) is 1.76. The lowest BCUT2D eigenvalue weighted by Gasteiger charge is -2.49. The van der Waals surface area contributed by atoms with Gasteiger partial charge >= 0.3 is 0 Å². The van der Waals surface area contributed by atoms with Crippen LogP contribution in [0.5, 0.6) is 0 Å². The third-order valence-corrected chi connectivity index (χ3v) is 3.37. The molecule has 5 heteroatoms. The number of aliphatic hydroxyl groups excluding tert-OH is 1. The van der Waals surface area contributed by atoms with E-state index in [2.05, 4.69) is 0 Å². The number of aliphatic hydroxyl groups is 1. The Labute approximate surface area is 84.4 Å². The number of rotatable bonds is 0. The second-order valence-corrected chi connectivity index (χ2v) is 4.07. The van der Waals surface area contributed by atoms with E-state index in [1.165, 1.54) is 0 Å². The van der Waals surface area contributed by atoms with Crippen LogP contribution in [0.2, 0.25) is 0 Å². The molecule has 0 amide bonds. The Morgan fingerprint density at radius 3 is 2.00 bits per heavy atom. The van der Waals surface area contributed by atoms with Crippen molar-refractivity contribution in [1.82, 2.24) is 0 Å². The quantitative estimate of drug-likeness (QED) is 0.460. The summed E-state index contributed by atoms with van der Waals surface area (Å²) in [5.41, 5.74) is 0. The Bertz CT molecular complexity index is 161. The van der Waals surface area contributed by atoms with Crippen LogP contribution in [-0.4, -0.2) is 40.5 Å². The van der Waals surface area contributed by atoms with Crippen molar-refractivity contribution >= 4 is 12.4 Å². The summed E-state index contributed by atoms with van der Waals surface area (Å²) in [6.45, 7) is 0. The molecule has 80 valence electrons. The molecule has 13 heavy (non-hydrogen) atoms. The van der Waals surface area contributed by atoms with Crippen LogP contribution < -0.4 is 0 Å². The number of hydrogen-bond acceptors (Lipinski definition) is 2. The SMILES string of the molecule is C[N+]1([O-])C2CCC1CC(O)C2.Cl.O. The Hall–Kier alpha value is 0.130.